The molecule has 0 bridgehead atoms. The van der Waals surface area contributed by atoms with Crippen LogP contribution in [0.2, 0.25) is 0 Å². The van der Waals surface area contributed by atoms with Crippen LogP contribution in [0.3, 0.4) is 0 Å². The number of amides is 1. The van der Waals surface area contributed by atoms with Crippen molar-refractivity contribution in [3.63, 3.8) is 0 Å². The van der Waals surface area contributed by atoms with Crippen LogP contribution < -0.4 is 10.1 Å². The highest BCUT2D eigenvalue weighted by molar-refractivity contribution is 5.97. The minimum absolute atomic E-state index is 0.122. The second kappa shape index (κ2) is 7.01. The summed E-state index contributed by atoms with van der Waals surface area (Å²) in [5.41, 5.74) is 1.08. The molecular formula is C17H15NO3. The van der Waals surface area contributed by atoms with Crippen LogP contribution in [0.25, 0.3) is 0 Å². The van der Waals surface area contributed by atoms with Gasteiger partial charge in [0.1, 0.15) is 11.5 Å². The Morgan fingerprint density at radius 3 is 2.67 bits per heavy atom. The van der Waals surface area contributed by atoms with Gasteiger partial charge in [0.05, 0.1) is 19.2 Å². The highest BCUT2D eigenvalue weighted by atomic mass is 16.5. The van der Waals surface area contributed by atoms with Gasteiger partial charge in [0.25, 0.3) is 5.91 Å². The first-order chi connectivity index (χ1) is 10.2. The molecule has 0 radical (unpaired) electrons. The summed E-state index contributed by atoms with van der Waals surface area (Å²) in [4.78, 5) is 11.9. The summed E-state index contributed by atoms with van der Waals surface area (Å²) in [6.07, 6.45) is 0. The number of carbonyl (C=O) groups excluding carboxylic acids is 1. The standard InChI is InChI=1S/C17H15NO3/c1-21-14-9-10-15(16(19)12-14)17(20)18-11-5-8-13-6-3-2-4-7-13/h2-4,6-7,9-10,12,19H,11H2,1H3,(H,18,20). The van der Waals surface area contributed by atoms with E-state index in [1.807, 2.05) is 30.3 Å². The average Bonchev–Trinajstić information content (AvgIpc) is 2.52. The van der Waals surface area contributed by atoms with Crippen molar-refractivity contribution in [2.24, 2.45) is 0 Å². The van der Waals surface area contributed by atoms with Crippen molar-refractivity contribution >= 4 is 5.91 Å². The molecule has 0 unspecified atom stereocenters. The number of nitrogens with one attached hydrogen (secondary N) is 1. The lowest BCUT2D eigenvalue weighted by Gasteiger charge is -2.06. The van der Waals surface area contributed by atoms with Gasteiger partial charge in [-0.2, -0.15) is 0 Å². The van der Waals surface area contributed by atoms with E-state index in [1.54, 1.807) is 6.07 Å². The summed E-state index contributed by atoms with van der Waals surface area (Å²) < 4.78 is 4.96. The van der Waals surface area contributed by atoms with Gasteiger partial charge in [0.15, 0.2) is 0 Å². The Morgan fingerprint density at radius 2 is 2.00 bits per heavy atom. The summed E-state index contributed by atoms with van der Waals surface area (Å²) in [5, 5.41) is 12.4. The Morgan fingerprint density at radius 1 is 1.24 bits per heavy atom. The van der Waals surface area contributed by atoms with E-state index in [9.17, 15) is 9.90 Å². The molecule has 2 aromatic rings. The molecule has 0 aliphatic rings. The van der Waals surface area contributed by atoms with Crippen LogP contribution in [-0.4, -0.2) is 24.7 Å². The van der Waals surface area contributed by atoms with Gasteiger partial charge in [-0.25, -0.2) is 0 Å². The fraction of sp³-hybridized carbons (Fsp3) is 0.118. The second-order valence-electron chi connectivity index (χ2n) is 4.23. The van der Waals surface area contributed by atoms with Gasteiger partial charge in [0, 0.05) is 11.6 Å². The first kappa shape index (κ1) is 14.5. The number of phenols is 1. The van der Waals surface area contributed by atoms with Crippen LogP contribution in [-0.2, 0) is 0 Å². The zero-order chi connectivity index (χ0) is 15.1. The van der Waals surface area contributed by atoms with Crippen molar-refractivity contribution in [2.45, 2.75) is 0 Å². The fourth-order valence-electron chi connectivity index (χ4n) is 1.72. The van der Waals surface area contributed by atoms with E-state index in [1.165, 1.54) is 19.2 Å². The van der Waals surface area contributed by atoms with Crippen LogP contribution in [0.5, 0.6) is 11.5 Å². The number of hydrogen-bond acceptors (Lipinski definition) is 3. The summed E-state index contributed by atoms with van der Waals surface area (Å²) in [6.45, 7) is 0.208. The van der Waals surface area contributed by atoms with E-state index in [0.717, 1.165) is 5.56 Å². The first-order valence-corrected chi connectivity index (χ1v) is 6.40. The number of methoxy groups -OCH3 is 1. The predicted octanol–water partition coefficient (Wildman–Crippen LogP) is 2.18. The number of hydrogen-bond donors (Lipinski definition) is 2. The van der Waals surface area contributed by atoms with Crippen molar-refractivity contribution in [1.29, 1.82) is 0 Å². The molecule has 2 N–H and O–H groups in total. The van der Waals surface area contributed by atoms with Crippen LogP contribution in [0.15, 0.2) is 48.5 Å². The number of aromatic hydroxyl groups is 1. The van der Waals surface area contributed by atoms with E-state index >= 15 is 0 Å². The average molecular weight is 281 g/mol. The van der Waals surface area contributed by atoms with Crippen LogP contribution in [0.4, 0.5) is 0 Å². The minimum Gasteiger partial charge on any atom is -0.507 e. The molecule has 0 fully saturated rings. The first-order valence-electron chi connectivity index (χ1n) is 6.40. The summed E-state index contributed by atoms with van der Waals surface area (Å²) >= 11 is 0. The molecule has 0 aliphatic heterocycles. The topological polar surface area (TPSA) is 58.6 Å². The van der Waals surface area contributed by atoms with Gasteiger partial charge < -0.3 is 15.2 Å². The predicted molar refractivity (Wildman–Crippen MR) is 80.3 cm³/mol. The molecule has 0 aromatic heterocycles. The Labute approximate surface area is 123 Å². The van der Waals surface area contributed by atoms with Gasteiger partial charge in [-0.15, -0.1) is 0 Å². The van der Waals surface area contributed by atoms with Crippen molar-refractivity contribution in [2.75, 3.05) is 13.7 Å². The Hall–Kier alpha value is -2.93. The van der Waals surface area contributed by atoms with Gasteiger partial charge in [-0.1, -0.05) is 30.0 Å². The SMILES string of the molecule is COc1ccc(C(=O)NCC#Cc2ccccc2)c(O)c1. The second-order valence-corrected chi connectivity index (χ2v) is 4.23. The molecule has 4 heteroatoms. The molecule has 0 heterocycles. The van der Waals surface area contributed by atoms with Crippen molar-refractivity contribution in [3.8, 4) is 23.3 Å². The largest absolute Gasteiger partial charge is 0.507 e. The molecule has 0 atom stereocenters. The maximum absolute atomic E-state index is 11.9. The molecule has 4 nitrogen and oxygen atoms in total. The van der Waals surface area contributed by atoms with Crippen molar-refractivity contribution in [3.05, 3.63) is 59.7 Å². The molecule has 0 aliphatic carbocycles. The van der Waals surface area contributed by atoms with Gasteiger partial charge in [0.2, 0.25) is 0 Å². The number of ether oxygens (including phenoxy) is 1. The minimum atomic E-state index is -0.377. The number of carbonyl (C=O) groups is 1. The van der Waals surface area contributed by atoms with Crippen LogP contribution in [0, 0.1) is 11.8 Å². The smallest absolute Gasteiger partial charge is 0.255 e. The molecule has 2 aromatic carbocycles. The number of benzene rings is 2. The third kappa shape index (κ3) is 4.02. The lowest BCUT2D eigenvalue weighted by atomic mass is 10.2. The summed E-state index contributed by atoms with van der Waals surface area (Å²) in [6, 6.07) is 14.0. The monoisotopic (exact) mass is 281 g/mol. The quantitative estimate of drug-likeness (QED) is 0.848. The van der Waals surface area contributed by atoms with E-state index in [4.69, 9.17) is 4.74 Å². The molecular weight excluding hydrogens is 266 g/mol. The summed E-state index contributed by atoms with van der Waals surface area (Å²) in [7, 11) is 1.49. The zero-order valence-electron chi connectivity index (χ0n) is 11.6. The highest BCUT2D eigenvalue weighted by Crippen LogP contribution is 2.22. The van der Waals surface area contributed by atoms with E-state index in [2.05, 4.69) is 17.2 Å². The van der Waals surface area contributed by atoms with Crippen LogP contribution in [0.1, 0.15) is 15.9 Å². The Bertz CT molecular complexity index is 684. The molecule has 21 heavy (non-hydrogen) atoms. The molecule has 106 valence electrons. The van der Waals surface area contributed by atoms with E-state index in [-0.39, 0.29) is 23.8 Å². The molecule has 0 saturated carbocycles. The summed E-state index contributed by atoms with van der Waals surface area (Å²) in [5.74, 6) is 5.79. The maximum atomic E-state index is 11.9. The van der Waals surface area contributed by atoms with Gasteiger partial charge >= 0.3 is 0 Å². The highest BCUT2D eigenvalue weighted by Gasteiger charge is 2.10. The van der Waals surface area contributed by atoms with Gasteiger partial charge in [-0.05, 0) is 24.3 Å². The lowest BCUT2D eigenvalue weighted by molar-refractivity contribution is 0.0956. The maximum Gasteiger partial charge on any atom is 0.255 e. The molecule has 1 amide bonds. The molecule has 2 rings (SSSR count). The van der Waals surface area contributed by atoms with Gasteiger partial charge in [-0.3, -0.25) is 4.79 Å². The third-order valence-electron chi connectivity index (χ3n) is 2.79. The zero-order valence-corrected chi connectivity index (χ0v) is 11.6. The number of phenolic OH excluding ortho intramolecular Hbond substituents is 1. The Kier molecular flexibility index (Phi) is 4.84. The van der Waals surface area contributed by atoms with Crippen LogP contribution >= 0.6 is 0 Å². The number of rotatable bonds is 3. The molecule has 0 saturated heterocycles. The Balaban J connectivity index is 1.95. The van der Waals surface area contributed by atoms with E-state index < -0.39 is 0 Å². The normalized spacial score (nSPS) is 9.38. The fourth-order valence-corrected chi connectivity index (χ4v) is 1.72. The van der Waals surface area contributed by atoms with E-state index in [0.29, 0.717) is 5.75 Å². The van der Waals surface area contributed by atoms with Crippen molar-refractivity contribution < 1.29 is 14.6 Å². The third-order valence-corrected chi connectivity index (χ3v) is 2.79. The molecule has 0 spiro atoms. The lowest BCUT2D eigenvalue weighted by Crippen LogP contribution is -2.23. The van der Waals surface area contributed by atoms with Crippen molar-refractivity contribution in [1.82, 2.24) is 5.32 Å².